The Hall–Kier alpha value is -1.97. The fraction of sp³-hybridized carbons (Fsp3) is 0.438. The summed E-state index contributed by atoms with van der Waals surface area (Å²) in [6, 6.07) is 5.57. The Labute approximate surface area is 117 Å². The maximum atomic E-state index is 12.7. The van der Waals surface area contributed by atoms with Crippen LogP contribution in [-0.4, -0.2) is 17.8 Å². The first-order valence-electron chi connectivity index (χ1n) is 6.89. The SMILES string of the molecule is COc1cccc2c(=O)c3c(n(C)c12)O[C@H](C(C)C)C3. The summed E-state index contributed by atoms with van der Waals surface area (Å²) in [4.78, 5) is 12.7. The average molecular weight is 273 g/mol. The van der Waals surface area contributed by atoms with E-state index in [4.69, 9.17) is 9.47 Å². The third-order valence-corrected chi connectivity index (χ3v) is 4.05. The Bertz CT molecular complexity index is 731. The van der Waals surface area contributed by atoms with E-state index < -0.39 is 0 Å². The molecular formula is C16H19NO3. The molecule has 106 valence electrons. The molecule has 20 heavy (non-hydrogen) atoms. The van der Waals surface area contributed by atoms with Gasteiger partial charge in [-0.1, -0.05) is 19.9 Å². The van der Waals surface area contributed by atoms with Gasteiger partial charge in [-0.25, -0.2) is 0 Å². The molecule has 1 aromatic heterocycles. The largest absolute Gasteiger partial charge is 0.495 e. The van der Waals surface area contributed by atoms with Crippen molar-refractivity contribution < 1.29 is 9.47 Å². The third kappa shape index (κ3) is 1.71. The molecule has 4 nitrogen and oxygen atoms in total. The monoisotopic (exact) mass is 273 g/mol. The molecule has 0 spiro atoms. The van der Waals surface area contributed by atoms with Crippen LogP contribution in [0.3, 0.4) is 0 Å². The van der Waals surface area contributed by atoms with Gasteiger partial charge in [-0.15, -0.1) is 0 Å². The van der Waals surface area contributed by atoms with Crippen molar-refractivity contribution in [2.75, 3.05) is 7.11 Å². The molecule has 1 aliphatic heterocycles. The Morgan fingerprint density at radius 3 is 2.80 bits per heavy atom. The second-order valence-corrected chi connectivity index (χ2v) is 5.63. The van der Waals surface area contributed by atoms with Crippen molar-refractivity contribution >= 4 is 10.9 Å². The van der Waals surface area contributed by atoms with Crippen LogP contribution in [0.15, 0.2) is 23.0 Å². The number of methoxy groups -OCH3 is 1. The van der Waals surface area contributed by atoms with E-state index in [1.807, 2.05) is 29.8 Å². The van der Waals surface area contributed by atoms with Crippen LogP contribution >= 0.6 is 0 Å². The molecule has 1 atom stereocenters. The number of nitrogens with zero attached hydrogens (tertiary/aromatic N) is 1. The number of aryl methyl sites for hydroxylation is 1. The molecule has 0 amide bonds. The van der Waals surface area contributed by atoms with Crippen LogP contribution in [0.1, 0.15) is 19.4 Å². The Morgan fingerprint density at radius 2 is 2.15 bits per heavy atom. The van der Waals surface area contributed by atoms with Crippen LogP contribution in [0.5, 0.6) is 11.6 Å². The number of pyridine rings is 1. The first kappa shape index (κ1) is 13.0. The molecule has 2 aromatic rings. The lowest BCUT2D eigenvalue weighted by Crippen LogP contribution is -2.20. The normalized spacial score (nSPS) is 17.4. The van der Waals surface area contributed by atoms with Gasteiger partial charge in [0.1, 0.15) is 11.9 Å². The summed E-state index contributed by atoms with van der Waals surface area (Å²) >= 11 is 0. The fourth-order valence-electron chi connectivity index (χ4n) is 2.87. The third-order valence-electron chi connectivity index (χ3n) is 4.05. The lowest BCUT2D eigenvalue weighted by Gasteiger charge is -2.16. The van der Waals surface area contributed by atoms with Crippen molar-refractivity contribution in [2.24, 2.45) is 13.0 Å². The van der Waals surface area contributed by atoms with E-state index in [-0.39, 0.29) is 11.5 Å². The average Bonchev–Trinajstić information content (AvgIpc) is 2.89. The van der Waals surface area contributed by atoms with Crippen molar-refractivity contribution in [3.8, 4) is 11.6 Å². The highest BCUT2D eigenvalue weighted by molar-refractivity contribution is 5.86. The molecule has 0 saturated heterocycles. The van der Waals surface area contributed by atoms with E-state index in [9.17, 15) is 4.79 Å². The summed E-state index contributed by atoms with van der Waals surface area (Å²) in [5, 5.41) is 0.693. The predicted molar refractivity (Wildman–Crippen MR) is 78.7 cm³/mol. The highest BCUT2D eigenvalue weighted by atomic mass is 16.5. The first-order valence-corrected chi connectivity index (χ1v) is 6.89. The minimum absolute atomic E-state index is 0.0650. The van der Waals surface area contributed by atoms with Crippen molar-refractivity contribution in [3.05, 3.63) is 34.0 Å². The van der Waals surface area contributed by atoms with Crippen LogP contribution in [-0.2, 0) is 13.5 Å². The number of aromatic nitrogens is 1. The molecule has 0 radical (unpaired) electrons. The molecular weight excluding hydrogens is 254 g/mol. The van der Waals surface area contributed by atoms with Gasteiger partial charge in [-0.05, 0) is 18.1 Å². The van der Waals surface area contributed by atoms with Crippen LogP contribution < -0.4 is 14.9 Å². The number of rotatable bonds is 2. The molecule has 0 saturated carbocycles. The van der Waals surface area contributed by atoms with E-state index in [1.54, 1.807) is 7.11 Å². The van der Waals surface area contributed by atoms with Crippen LogP contribution in [0, 0.1) is 5.92 Å². The zero-order valence-corrected chi connectivity index (χ0v) is 12.3. The maximum absolute atomic E-state index is 12.7. The summed E-state index contributed by atoms with van der Waals surface area (Å²) in [5.74, 6) is 1.76. The second-order valence-electron chi connectivity index (χ2n) is 5.63. The molecule has 0 unspecified atom stereocenters. The topological polar surface area (TPSA) is 40.5 Å². The van der Waals surface area contributed by atoms with Crippen molar-refractivity contribution in [1.82, 2.24) is 4.57 Å². The van der Waals surface area contributed by atoms with E-state index >= 15 is 0 Å². The van der Waals surface area contributed by atoms with Gasteiger partial charge in [0.2, 0.25) is 5.88 Å². The van der Waals surface area contributed by atoms with Crippen LogP contribution in [0.2, 0.25) is 0 Å². The van der Waals surface area contributed by atoms with Gasteiger partial charge in [0.15, 0.2) is 5.43 Å². The quantitative estimate of drug-likeness (QED) is 0.844. The van der Waals surface area contributed by atoms with E-state index in [0.717, 1.165) is 11.1 Å². The van der Waals surface area contributed by atoms with Crippen molar-refractivity contribution in [1.29, 1.82) is 0 Å². The van der Waals surface area contributed by atoms with Crippen LogP contribution in [0.25, 0.3) is 10.9 Å². The smallest absolute Gasteiger partial charge is 0.201 e. The molecule has 3 rings (SSSR count). The number of fused-ring (bicyclic) bond motifs is 2. The van der Waals surface area contributed by atoms with Gasteiger partial charge < -0.3 is 14.0 Å². The lowest BCUT2D eigenvalue weighted by atomic mass is 10.0. The number of hydrogen-bond donors (Lipinski definition) is 0. The highest BCUT2D eigenvalue weighted by Crippen LogP contribution is 2.34. The molecule has 1 aromatic carbocycles. The van der Waals surface area contributed by atoms with Gasteiger partial charge in [-0.3, -0.25) is 4.79 Å². The molecule has 2 heterocycles. The summed E-state index contributed by atoms with van der Waals surface area (Å²) in [5.41, 5.74) is 1.64. The molecule has 0 fully saturated rings. The highest BCUT2D eigenvalue weighted by Gasteiger charge is 2.31. The second kappa shape index (κ2) is 4.54. The zero-order valence-electron chi connectivity index (χ0n) is 12.3. The molecule has 0 aliphatic carbocycles. The van der Waals surface area contributed by atoms with Crippen molar-refractivity contribution in [2.45, 2.75) is 26.4 Å². The molecule has 4 heteroatoms. The standard InChI is InChI=1S/C16H19NO3/c1-9(2)13-8-11-15(18)10-6-5-7-12(19-4)14(10)17(3)16(11)20-13/h5-7,9,13H,8H2,1-4H3/t13-/m0/s1. The van der Waals surface area contributed by atoms with Gasteiger partial charge in [-0.2, -0.15) is 0 Å². The number of hydrogen-bond acceptors (Lipinski definition) is 3. The minimum atomic E-state index is 0.0650. The van der Waals surface area contributed by atoms with Crippen molar-refractivity contribution in [3.63, 3.8) is 0 Å². The molecule has 0 N–H and O–H groups in total. The summed E-state index contributed by atoms with van der Waals surface area (Å²) < 4.78 is 13.3. The fourth-order valence-corrected chi connectivity index (χ4v) is 2.87. The van der Waals surface area contributed by atoms with E-state index in [1.165, 1.54) is 0 Å². The van der Waals surface area contributed by atoms with E-state index in [2.05, 4.69) is 13.8 Å². The number of ether oxygens (including phenoxy) is 2. The van der Waals surface area contributed by atoms with Gasteiger partial charge >= 0.3 is 0 Å². The summed E-state index contributed by atoms with van der Waals surface area (Å²) in [7, 11) is 3.54. The number of para-hydroxylation sites is 1. The maximum Gasteiger partial charge on any atom is 0.201 e. The summed E-state index contributed by atoms with van der Waals surface area (Å²) in [6.07, 6.45) is 0.763. The first-order chi connectivity index (χ1) is 9.54. The lowest BCUT2D eigenvalue weighted by molar-refractivity contribution is 0.168. The number of benzene rings is 1. The predicted octanol–water partition coefficient (Wildman–Crippen LogP) is 2.51. The van der Waals surface area contributed by atoms with Gasteiger partial charge in [0, 0.05) is 18.9 Å². The van der Waals surface area contributed by atoms with Gasteiger partial charge in [0.05, 0.1) is 18.2 Å². The van der Waals surface area contributed by atoms with Gasteiger partial charge in [0.25, 0.3) is 0 Å². The van der Waals surface area contributed by atoms with E-state index in [0.29, 0.717) is 29.4 Å². The zero-order chi connectivity index (χ0) is 14.4. The Morgan fingerprint density at radius 1 is 1.40 bits per heavy atom. The van der Waals surface area contributed by atoms with Crippen LogP contribution in [0.4, 0.5) is 0 Å². The Kier molecular flexibility index (Phi) is 2.96. The minimum Gasteiger partial charge on any atom is -0.495 e. The molecule has 0 bridgehead atoms. The Balaban J connectivity index is 2.32. The summed E-state index contributed by atoms with van der Waals surface area (Å²) in [6.45, 7) is 4.22. The molecule has 1 aliphatic rings.